The third kappa shape index (κ3) is 2.84. The molecule has 5 nitrogen and oxygen atoms in total. The fraction of sp³-hybridized carbons (Fsp3) is 0.385. The topological polar surface area (TPSA) is 76.7 Å². The lowest BCUT2D eigenvalue weighted by molar-refractivity contribution is 0.641. The SMILES string of the molecule is NCC(Sc1n[nH]c(=O)n1C1CC1)c1cccc(Br)c1. The first kappa shape index (κ1) is 13.9. The molecule has 2 aromatic rings. The summed E-state index contributed by atoms with van der Waals surface area (Å²) in [6.07, 6.45) is 2.11. The summed E-state index contributed by atoms with van der Waals surface area (Å²) in [6, 6.07) is 8.38. The first-order valence-electron chi connectivity index (χ1n) is 6.48. The quantitative estimate of drug-likeness (QED) is 0.808. The molecule has 3 rings (SSSR count). The van der Waals surface area contributed by atoms with Gasteiger partial charge in [0.1, 0.15) is 0 Å². The molecule has 1 aromatic carbocycles. The molecule has 1 aromatic heterocycles. The Bertz CT molecular complexity index is 664. The summed E-state index contributed by atoms with van der Waals surface area (Å²) in [4.78, 5) is 11.8. The molecule has 1 heterocycles. The van der Waals surface area contributed by atoms with E-state index in [0.717, 1.165) is 28.0 Å². The molecule has 0 saturated heterocycles. The Kier molecular flexibility index (Phi) is 4.00. The van der Waals surface area contributed by atoms with Crippen LogP contribution < -0.4 is 11.4 Å². The number of aromatic amines is 1. The smallest absolute Gasteiger partial charge is 0.329 e. The van der Waals surface area contributed by atoms with Crippen molar-refractivity contribution >= 4 is 27.7 Å². The molecule has 3 N–H and O–H groups in total. The third-order valence-electron chi connectivity index (χ3n) is 3.27. The average Bonchev–Trinajstić information content (AvgIpc) is 3.20. The van der Waals surface area contributed by atoms with Crippen LogP contribution in [0.2, 0.25) is 0 Å². The largest absolute Gasteiger partial charge is 0.344 e. The van der Waals surface area contributed by atoms with Gasteiger partial charge in [0, 0.05) is 22.3 Å². The summed E-state index contributed by atoms with van der Waals surface area (Å²) >= 11 is 5.01. The Labute approximate surface area is 129 Å². The van der Waals surface area contributed by atoms with Gasteiger partial charge in [-0.05, 0) is 30.5 Å². The van der Waals surface area contributed by atoms with Crippen LogP contribution in [0.5, 0.6) is 0 Å². The van der Waals surface area contributed by atoms with Crippen LogP contribution in [0.15, 0.2) is 38.7 Å². The highest BCUT2D eigenvalue weighted by Crippen LogP contribution is 2.39. The van der Waals surface area contributed by atoms with Crippen LogP contribution in [0.1, 0.15) is 29.7 Å². The van der Waals surface area contributed by atoms with Crippen molar-refractivity contribution in [1.82, 2.24) is 14.8 Å². The van der Waals surface area contributed by atoms with Crippen molar-refractivity contribution in [3.05, 3.63) is 44.8 Å². The molecule has 20 heavy (non-hydrogen) atoms. The Balaban J connectivity index is 1.87. The number of nitrogens with two attached hydrogens (primary N) is 1. The van der Waals surface area contributed by atoms with E-state index in [2.05, 4.69) is 32.2 Å². The van der Waals surface area contributed by atoms with E-state index < -0.39 is 0 Å². The van der Waals surface area contributed by atoms with Crippen molar-refractivity contribution in [2.75, 3.05) is 6.54 Å². The molecule has 0 aliphatic heterocycles. The first-order valence-corrected chi connectivity index (χ1v) is 8.15. The lowest BCUT2D eigenvalue weighted by atomic mass is 10.1. The zero-order valence-corrected chi connectivity index (χ0v) is 13.2. The van der Waals surface area contributed by atoms with Gasteiger partial charge in [0.2, 0.25) is 0 Å². The molecule has 1 aliphatic carbocycles. The molecule has 7 heteroatoms. The van der Waals surface area contributed by atoms with Crippen LogP contribution in [0.3, 0.4) is 0 Å². The maximum atomic E-state index is 11.8. The minimum atomic E-state index is -0.125. The Morgan fingerprint density at radius 2 is 2.35 bits per heavy atom. The molecule has 0 radical (unpaired) electrons. The normalized spacial score (nSPS) is 16.3. The zero-order valence-electron chi connectivity index (χ0n) is 10.8. The minimum Gasteiger partial charge on any atom is -0.329 e. The van der Waals surface area contributed by atoms with Crippen LogP contribution in [0.25, 0.3) is 0 Å². The van der Waals surface area contributed by atoms with Gasteiger partial charge in [-0.25, -0.2) is 9.89 Å². The second kappa shape index (κ2) is 5.75. The van der Waals surface area contributed by atoms with Gasteiger partial charge in [0.05, 0.1) is 0 Å². The number of H-pyrrole nitrogens is 1. The number of thioether (sulfide) groups is 1. The average molecular weight is 355 g/mol. The van der Waals surface area contributed by atoms with E-state index in [1.807, 2.05) is 18.2 Å². The summed E-state index contributed by atoms with van der Waals surface area (Å²) < 4.78 is 2.78. The van der Waals surface area contributed by atoms with Gasteiger partial charge >= 0.3 is 5.69 Å². The van der Waals surface area contributed by atoms with E-state index >= 15 is 0 Å². The van der Waals surface area contributed by atoms with Crippen molar-refractivity contribution in [2.45, 2.75) is 29.3 Å². The first-order chi connectivity index (χ1) is 9.69. The lowest BCUT2D eigenvalue weighted by Gasteiger charge is -2.14. The van der Waals surface area contributed by atoms with E-state index in [1.54, 1.807) is 16.3 Å². The second-order valence-electron chi connectivity index (χ2n) is 4.81. The number of hydrogen-bond donors (Lipinski definition) is 2. The van der Waals surface area contributed by atoms with Gasteiger partial charge in [0.25, 0.3) is 0 Å². The van der Waals surface area contributed by atoms with Gasteiger partial charge < -0.3 is 5.73 Å². The van der Waals surface area contributed by atoms with E-state index in [1.165, 1.54) is 0 Å². The minimum absolute atomic E-state index is 0.0835. The van der Waals surface area contributed by atoms with Crippen molar-refractivity contribution in [2.24, 2.45) is 5.73 Å². The predicted molar refractivity (Wildman–Crippen MR) is 82.9 cm³/mol. The van der Waals surface area contributed by atoms with E-state index in [-0.39, 0.29) is 10.9 Å². The highest BCUT2D eigenvalue weighted by molar-refractivity contribution is 9.10. The number of nitrogens with zero attached hydrogens (tertiary/aromatic N) is 2. The molecule has 0 amide bonds. The summed E-state index contributed by atoms with van der Waals surface area (Å²) in [6.45, 7) is 0.493. The maximum Gasteiger partial charge on any atom is 0.344 e. The van der Waals surface area contributed by atoms with Crippen molar-refractivity contribution in [3.63, 3.8) is 0 Å². The molecule has 0 spiro atoms. The lowest BCUT2D eigenvalue weighted by Crippen LogP contribution is -2.17. The molecular weight excluding hydrogens is 340 g/mol. The Morgan fingerprint density at radius 1 is 1.55 bits per heavy atom. The maximum absolute atomic E-state index is 11.8. The summed E-state index contributed by atoms with van der Waals surface area (Å²) in [5.74, 6) is 0. The van der Waals surface area contributed by atoms with Crippen molar-refractivity contribution in [3.8, 4) is 0 Å². The molecule has 1 saturated carbocycles. The number of benzene rings is 1. The Morgan fingerprint density at radius 3 is 3.00 bits per heavy atom. The van der Waals surface area contributed by atoms with Crippen LogP contribution >= 0.6 is 27.7 Å². The Hall–Kier alpha value is -1.05. The standard InChI is InChI=1S/C13H15BrN4OS/c14-9-3-1-2-8(6-9)11(7-15)20-13-17-16-12(19)18(13)10-4-5-10/h1-3,6,10-11H,4-5,7,15H2,(H,16,19). The van der Waals surface area contributed by atoms with Gasteiger partial charge in [-0.3, -0.25) is 4.57 Å². The highest BCUT2D eigenvalue weighted by Gasteiger charge is 2.29. The van der Waals surface area contributed by atoms with E-state index in [9.17, 15) is 4.79 Å². The van der Waals surface area contributed by atoms with E-state index in [0.29, 0.717) is 12.6 Å². The summed E-state index contributed by atoms with van der Waals surface area (Å²) in [7, 11) is 0. The molecule has 1 aliphatic rings. The number of hydrogen-bond acceptors (Lipinski definition) is 4. The van der Waals surface area contributed by atoms with Crippen LogP contribution in [0, 0.1) is 0 Å². The second-order valence-corrected chi connectivity index (χ2v) is 6.90. The van der Waals surface area contributed by atoms with Crippen LogP contribution in [-0.4, -0.2) is 21.3 Å². The number of aromatic nitrogens is 3. The predicted octanol–water partition coefficient (Wildman–Crippen LogP) is 2.46. The fourth-order valence-corrected chi connectivity index (χ4v) is 3.61. The number of rotatable bonds is 5. The van der Waals surface area contributed by atoms with Crippen LogP contribution in [-0.2, 0) is 0 Å². The van der Waals surface area contributed by atoms with Gasteiger partial charge in [-0.2, -0.15) is 0 Å². The third-order valence-corrected chi connectivity index (χ3v) is 5.01. The molecule has 0 bridgehead atoms. The van der Waals surface area contributed by atoms with E-state index in [4.69, 9.17) is 5.73 Å². The van der Waals surface area contributed by atoms with Crippen molar-refractivity contribution < 1.29 is 0 Å². The monoisotopic (exact) mass is 354 g/mol. The fourth-order valence-electron chi connectivity index (χ4n) is 2.11. The van der Waals surface area contributed by atoms with Crippen molar-refractivity contribution in [1.29, 1.82) is 0 Å². The molecule has 1 fully saturated rings. The molecule has 1 unspecified atom stereocenters. The van der Waals surface area contributed by atoms with Crippen LogP contribution in [0.4, 0.5) is 0 Å². The molecule has 1 atom stereocenters. The summed E-state index contributed by atoms with van der Waals surface area (Å²) in [5, 5.41) is 7.48. The zero-order chi connectivity index (χ0) is 14.1. The van der Waals surface area contributed by atoms with Gasteiger partial charge in [-0.1, -0.05) is 39.8 Å². The summed E-state index contributed by atoms with van der Waals surface area (Å²) in [5.41, 5.74) is 6.89. The number of halogens is 1. The van der Waals surface area contributed by atoms with Gasteiger partial charge in [-0.15, -0.1) is 5.10 Å². The number of nitrogens with one attached hydrogen (secondary N) is 1. The van der Waals surface area contributed by atoms with Gasteiger partial charge in [0.15, 0.2) is 5.16 Å². The molecular formula is C13H15BrN4OS. The highest BCUT2D eigenvalue weighted by atomic mass is 79.9. The molecule has 106 valence electrons.